The van der Waals surface area contributed by atoms with Crippen molar-refractivity contribution in [2.45, 2.75) is 5.54 Å². The quantitative estimate of drug-likeness (QED) is 0.633. The maximum absolute atomic E-state index is 14.4. The van der Waals surface area contributed by atoms with Crippen LogP contribution in [0, 0.1) is 11.8 Å². The molecule has 27 heavy (non-hydrogen) atoms. The first-order chi connectivity index (χ1) is 13.1. The van der Waals surface area contributed by atoms with Crippen LogP contribution in [-0.2, 0) is 5.54 Å². The molecule has 2 N–H and O–H groups in total. The third kappa shape index (κ3) is 2.35. The molecule has 0 radical (unpaired) electrons. The fraction of sp³-hybridized carbons (Fsp3) is 0.100. The van der Waals surface area contributed by atoms with Gasteiger partial charge in [0.25, 0.3) is 0 Å². The fourth-order valence-corrected chi connectivity index (χ4v) is 4.56. The lowest BCUT2D eigenvalue weighted by atomic mass is 9.81. The number of pyridine rings is 1. The molecular weight excluding hydrogens is 368 g/mol. The van der Waals surface area contributed by atoms with E-state index in [4.69, 9.17) is 10.5 Å². The van der Waals surface area contributed by atoms with Crippen LogP contribution in [0.15, 0.2) is 59.7 Å². The van der Waals surface area contributed by atoms with Crippen LogP contribution >= 0.6 is 11.8 Å². The van der Waals surface area contributed by atoms with Gasteiger partial charge in [0.2, 0.25) is 5.95 Å². The average molecular weight is 381 g/mol. The van der Waals surface area contributed by atoms with Crippen molar-refractivity contribution in [3.05, 3.63) is 77.6 Å². The van der Waals surface area contributed by atoms with Crippen molar-refractivity contribution >= 4 is 16.9 Å². The van der Waals surface area contributed by atoms with Crippen LogP contribution in [-0.4, -0.2) is 15.9 Å². The maximum Gasteiger partial charge on any atom is 0.220 e. The molecule has 7 heteroatoms. The Morgan fingerprint density at radius 1 is 1.07 bits per heavy atom. The Balaban J connectivity index is 1.77. The number of para-hydroxylation sites is 1. The van der Waals surface area contributed by atoms with Gasteiger partial charge in [-0.1, -0.05) is 30.0 Å². The van der Waals surface area contributed by atoms with Crippen LogP contribution in [0.25, 0.3) is 11.1 Å². The summed E-state index contributed by atoms with van der Waals surface area (Å²) in [4.78, 5) is 8.38. The first-order valence-electron chi connectivity index (χ1n) is 8.29. The van der Waals surface area contributed by atoms with Crippen LogP contribution < -0.4 is 10.5 Å². The molecule has 0 amide bonds. The molecule has 3 aromatic rings. The number of aromatic nitrogens is 1. The lowest BCUT2D eigenvalue weighted by Crippen LogP contribution is -2.30. The van der Waals surface area contributed by atoms with E-state index in [1.165, 1.54) is 24.0 Å². The van der Waals surface area contributed by atoms with Gasteiger partial charge in [0, 0.05) is 28.6 Å². The zero-order chi connectivity index (χ0) is 18.6. The number of aliphatic imine (C=N–C) groups is 1. The second kappa shape index (κ2) is 5.79. The number of ether oxygens (including phenoxy) is 1. The number of hydrogen-bond donors (Lipinski definition) is 1. The Bertz CT molecular complexity index is 1120. The Kier molecular flexibility index (Phi) is 3.48. The molecule has 1 spiro atoms. The van der Waals surface area contributed by atoms with E-state index in [0.29, 0.717) is 33.4 Å². The van der Waals surface area contributed by atoms with Gasteiger partial charge in [-0.2, -0.15) is 4.39 Å². The van der Waals surface area contributed by atoms with Gasteiger partial charge in [0.05, 0.1) is 0 Å². The van der Waals surface area contributed by atoms with Crippen molar-refractivity contribution in [2.24, 2.45) is 10.7 Å². The topological polar surface area (TPSA) is 60.5 Å². The summed E-state index contributed by atoms with van der Waals surface area (Å²) in [6.07, 6.45) is 1.40. The van der Waals surface area contributed by atoms with E-state index in [2.05, 4.69) is 9.98 Å². The molecule has 3 heterocycles. The molecule has 0 bridgehead atoms. The van der Waals surface area contributed by atoms with E-state index in [-0.39, 0.29) is 5.75 Å². The average Bonchev–Trinajstić information content (AvgIpc) is 3.06. The molecule has 0 saturated carbocycles. The SMILES string of the molecule is NC1=NC2(CS1)c1cc(-c3cccnc3F)ccc1Oc1c(F)cccc12. The molecule has 0 aliphatic carbocycles. The number of thioether (sulfide) groups is 1. The molecule has 1 aromatic heterocycles. The number of hydrogen-bond acceptors (Lipinski definition) is 5. The number of amidine groups is 1. The van der Waals surface area contributed by atoms with Gasteiger partial charge in [0.15, 0.2) is 16.7 Å². The molecule has 5 rings (SSSR count). The monoisotopic (exact) mass is 381 g/mol. The maximum atomic E-state index is 14.4. The molecule has 0 saturated heterocycles. The fourth-order valence-electron chi connectivity index (χ4n) is 3.61. The summed E-state index contributed by atoms with van der Waals surface area (Å²) in [6.45, 7) is 0. The van der Waals surface area contributed by atoms with E-state index < -0.39 is 17.3 Å². The van der Waals surface area contributed by atoms with Crippen molar-refractivity contribution in [3.63, 3.8) is 0 Å². The van der Waals surface area contributed by atoms with Gasteiger partial charge in [-0.25, -0.2) is 14.4 Å². The summed E-state index contributed by atoms with van der Waals surface area (Å²) < 4.78 is 34.5. The molecule has 2 aliphatic heterocycles. The van der Waals surface area contributed by atoms with E-state index >= 15 is 0 Å². The second-order valence-electron chi connectivity index (χ2n) is 6.37. The standard InChI is InChI=1S/C20H13F2N3OS/c21-15-5-1-4-13-17(15)26-16-7-6-11(12-3-2-8-24-18(12)22)9-14(16)20(13)10-27-19(23)25-20/h1-9H,10H2,(H2,23,25). The number of fused-ring (bicyclic) bond motifs is 4. The number of nitrogens with zero attached hydrogens (tertiary/aromatic N) is 2. The minimum Gasteiger partial charge on any atom is -0.453 e. The van der Waals surface area contributed by atoms with Gasteiger partial charge in [-0.05, 0) is 35.9 Å². The number of rotatable bonds is 1. The summed E-state index contributed by atoms with van der Waals surface area (Å²) >= 11 is 1.40. The smallest absolute Gasteiger partial charge is 0.220 e. The number of benzene rings is 2. The summed E-state index contributed by atoms with van der Waals surface area (Å²) in [5.74, 6) is 0.151. The second-order valence-corrected chi connectivity index (χ2v) is 7.37. The molecule has 0 fully saturated rings. The van der Waals surface area contributed by atoms with E-state index in [1.54, 1.807) is 36.4 Å². The summed E-state index contributed by atoms with van der Waals surface area (Å²) in [6, 6.07) is 13.4. The van der Waals surface area contributed by atoms with Crippen molar-refractivity contribution in [2.75, 3.05) is 5.75 Å². The van der Waals surface area contributed by atoms with E-state index in [0.717, 1.165) is 5.56 Å². The summed E-state index contributed by atoms with van der Waals surface area (Å²) in [5.41, 5.74) is 7.48. The largest absolute Gasteiger partial charge is 0.453 e. The van der Waals surface area contributed by atoms with Crippen molar-refractivity contribution in [1.82, 2.24) is 4.98 Å². The molecule has 4 nitrogen and oxygen atoms in total. The predicted octanol–water partition coefficient (Wildman–Crippen LogP) is 4.44. The van der Waals surface area contributed by atoms with Gasteiger partial charge < -0.3 is 10.5 Å². The summed E-state index contributed by atoms with van der Waals surface area (Å²) in [7, 11) is 0. The summed E-state index contributed by atoms with van der Waals surface area (Å²) in [5, 5.41) is 0.427. The normalized spacial score (nSPS) is 20.0. The van der Waals surface area contributed by atoms with Crippen LogP contribution in [0.3, 0.4) is 0 Å². The molecule has 1 atom stereocenters. The highest BCUT2D eigenvalue weighted by Gasteiger charge is 2.46. The highest BCUT2D eigenvalue weighted by molar-refractivity contribution is 8.14. The highest BCUT2D eigenvalue weighted by Crippen LogP contribution is 2.54. The lowest BCUT2D eigenvalue weighted by molar-refractivity contribution is 0.389. The van der Waals surface area contributed by atoms with E-state index in [1.807, 2.05) is 6.07 Å². The Labute approximate surface area is 158 Å². The number of halogens is 2. The predicted molar refractivity (Wildman–Crippen MR) is 101 cm³/mol. The van der Waals surface area contributed by atoms with Crippen molar-refractivity contribution < 1.29 is 13.5 Å². The van der Waals surface area contributed by atoms with Gasteiger partial charge >= 0.3 is 0 Å². The van der Waals surface area contributed by atoms with Gasteiger partial charge in [0.1, 0.15) is 11.3 Å². The number of nitrogens with two attached hydrogens (primary N) is 1. The first kappa shape index (κ1) is 16.3. The highest BCUT2D eigenvalue weighted by atomic mass is 32.2. The molecule has 2 aromatic carbocycles. The molecule has 2 aliphatic rings. The van der Waals surface area contributed by atoms with Gasteiger partial charge in [-0.3, -0.25) is 0 Å². The lowest BCUT2D eigenvalue weighted by Gasteiger charge is -2.34. The van der Waals surface area contributed by atoms with Crippen LogP contribution in [0.5, 0.6) is 11.5 Å². The third-order valence-corrected chi connectivity index (χ3v) is 5.80. The molecule has 1 unspecified atom stereocenters. The van der Waals surface area contributed by atoms with Crippen molar-refractivity contribution in [3.8, 4) is 22.6 Å². The minimum atomic E-state index is -0.867. The van der Waals surface area contributed by atoms with Crippen LogP contribution in [0.2, 0.25) is 0 Å². The van der Waals surface area contributed by atoms with E-state index in [9.17, 15) is 8.78 Å². The third-order valence-electron chi connectivity index (χ3n) is 4.85. The first-order valence-corrected chi connectivity index (χ1v) is 9.27. The zero-order valence-corrected chi connectivity index (χ0v) is 14.8. The minimum absolute atomic E-state index is 0.157. The Hall–Kier alpha value is -2.93. The molecule has 134 valence electrons. The molecular formula is C20H13F2N3OS. The van der Waals surface area contributed by atoms with Gasteiger partial charge in [-0.15, -0.1) is 0 Å². The van der Waals surface area contributed by atoms with Crippen LogP contribution in [0.1, 0.15) is 11.1 Å². The van der Waals surface area contributed by atoms with Crippen molar-refractivity contribution in [1.29, 1.82) is 0 Å². The Morgan fingerprint density at radius 2 is 1.96 bits per heavy atom. The Morgan fingerprint density at radius 3 is 2.74 bits per heavy atom. The zero-order valence-electron chi connectivity index (χ0n) is 13.9. The van der Waals surface area contributed by atoms with Crippen LogP contribution in [0.4, 0.5) is 8.78 Å².